The molecule has 3 amide bonds. The van der Waals surface area contributed by atoms with Crippen LogP contribution in [0.3, 0.4) is 0 Å². The molecule has 0 unspecified atom stereocenters. The van der Waals surface area contributed by atoms with Crippen LogP contribution in [0, 0.1) is 0 Å². The van der Waals surface area contributed by atoms with Gasteiger partial charge in [0.2, 0.25) is 0 Å². The Bertz CT molecular complexity index is 1230. The Hall–Kier alpha value is -3.66. The van der Waals surface area contributed by atoms with Crippen LogP contribution in [-0.4, -0.2) is 45.5 Å². The number of hydrogen-bond acceptors (Lipinski definition) is 6. The minimum Gasteiger partial charge on any atom is -0.452 e. The topological polar surface area (TPSA) is 122 Å². The second-order valence-electron chi connectivity index (χ2n) is 8.47. The van der Waals surface area contributed by atoms with Crippen molar-refractivity contribution < 1.29 is 27.5 Å². The lowest BCUT2D eigenvalue weighted by atomic mass is 10.2. The van der Waals surface area contributed by atoms with Crippen LogP contribution in [0.15, 0.2) is 59.5 Å². The summed E-state index contributed by atoms with van der Waals surface area (Å²) in [7, 11) is -3.70. The lowest BCUT2D eigenvalue weighted by Gasteiger charge is -2.19. The zero-order valence-corrected chi connectivity index (χ0v) is 19.9. The van der Waals surface area contributed by atoms with E-state index in [-0.39, 0.29) is 10.9 Å². The van der Waals surface area contributed by atoms with Gasteiger partial charge in [-0.05, 0) is 54.7 Å². The molecule has 1 saturated carbocycles. The number of para-hydroxylation sites is 1. The van der Waals surface area contributed by atoms with Crippen LogP contribution in [-0.2, 0) is 30.8 Å². The number of rotatable bonds is 7. The van der Waals surface area contributed by atoms with Crippen LogP contribution < -0.4 is 14.9 Å². The van der Waals surface area contributed by atoms with Crippen LogP contribution in [0.5, 0.6) is 0 Å². The van der Waals surface area contributed by atoms with Gasteiger partial charge in [-0.2, -0.15) is 0 Å². The number of urea groups is 1. The molecule has 2 aromatic carbocycles. The highest BCUT2D eigenvalue weighted by Gasteiger charge is 2.30. The first-order valence-electron chi connectivity index (χ1n) is 11.5. The Morgan fingerprint density at radius 2 is 1.74 bits per heavy atom. The number of nitrogens with one attached hydrogen (secondary N) is 2. The van der Waals surface area contributed by atoms with Crippen molar-refractivity contribution >= 4 is 39.7 Å². The number of benzene rings is 2. The fourth-order valence-corrected chi connectivity index (χ4v) is 5.74. The molecule has 10 heteroatoms. The van der Waals surface area contributed by atoms with E-state index in [4.69, 9.17) is 4.74 Å². The maximum absolute atomic E-state index is 13.1. The van der Waals surface area contributed by atoms with Gasteiger partial charge in [-0.15, -0.1) is 0 Å². The molecule has 35 heavy (non-hydrogen) atoms. The standard InChI is InChI=1S/C25H27N3O6S/c29-23(27-25(31)26-20-6-2-3-7-20)17-34-24(30)14-11-18-9-12-21(13-10-18)35(32,33)28-16-15-19-5-1-4-8-22(19)28/h1,4-5,8-14,20H,2-3,6-7,15-17H2,(H2,26,27,29,31)/b14-11+. The quantitative estimate of drug-likeness (QED) is 0.448. The number of ether oxygens (including phenoxy) is 1. The third kappa shape index (κ3) is 6.07. The molecule has 1 aliphatic carbocycles. The summed E-state index contributed by atoms with van der Waals surface area (Å²) in [5, 5.41) is 4.85. The van der Waals surface area contributed by atoms with E-state index in [0.717, 1.165) is 37.3 Å². The van der Waals surface area contributed by atoms with Crippen LogP contribution in [0.2, 0.25) is 0 Å². The SMILES string of the molecule is O=C(COC(=O)/C=C/c1ccc(S(=O)(=O)N2CCc3ccccc32)cc1)NC(=O)NC1CCCC1. The maximum atomic E-state index is 13.1. The summed E-state index contributed by atoms with van der Waals surface area (Å²) in [6, 6.07) is 13.0. The first-order valence-corrected chi connectivity index (χ1v) is 12.9. The number of fused-ring (bicyclic) bond motifs is 1. The van der Waals surface area contributed by atoms with Gasteiger partial charge in [-0.25, -0.2) is 18.0 Å². The highest BCUT2D eigenvalue weighted by molar-refractivity contribution is 7.92. The lowest BCUT2D eigenvalue weighted by molar-refractivity contribution is -0.143. The van der Waals surface area contributed by atoms with Crippen molar-refractivity contribution in [2.24, 2.45) is 0 Å². The number of imide groups is 1. The number of esters is 1. The molecule has 1 fully saturated rings. The Morgan fingerprint density at radius 1 is 1.03 bits per heavy atom. The molecule has 2 aromatic rings. The van der Waals surface area contributed by atoms with Gasteiger partial charge in [0.25, 0.3) is 15.9 Å². The minimum atomic E-state index is -3.70. The van der Waals surface area contributed by atoms with E-state index in [1.807, 2.05) is 18.2 Å². The second-order valence-corrected chi connectivity index (χ2v) is 10.3. The van der Waals surface area contributed by atoms with Gasteiger partial charge in [0.1, 0.15) is 0 Å². The van der Waals surface area contributed by atoms with E-state index in [9.17, 15) is 22.8 Å². The molecule has 2 aliphatic rings. The highest BCUT2D eigenvalue weighted by Crippen LogP contribution is 2.32. The summed E-state index contributed by atoms with van der Waals surface area (Å²) in [5.41, 5.74) is 2.28. The molecule has 0 saturated heterocycles. The molecule has 0 radical (unpaired) electrons. The van der Waals surface area contributed by atoms with Crippen LogP contribution >= 0.6 is 0 Å². The molecule has 1 heterocycles. The van der Waals surface area contributed by atoms with Crippen LogP contribution in [0.25, 0.3) is 6.08 Å². The number of carbonyl (C=O) groups excluding carboxylic acids is 3. The second kappa shape index (κ2) is 10.7. The van der Waals surface area contributed by atoms with Crippen molar-refractivity contribution in [2.45, 2.75) is 43.0 Å². The monoisotopic (exact) mass is 497 g/mol. The zero-order chi connectivity index (χ0) is 24.8. The highest BCUT2D eigenvalue weighted by atomic mass is 32.2. The first-order chi connectivity index (χ1) is 16.8. The summed E-state index contributed by atoms with van der Waals surface area (Å²) in [6.07, 6.45) is 7.13. The lowest BCUT2D eigenvalue weighted by Crippen LogP contribution is -2.44. The molecule has 1 aliphatic heterocycles. The van der Waals surface area contributed by atoms with Crippen molar-refractivity contribution in [3.63, 3.8) is 0 Å². The van der Waals surface area contributed by atoms with Crippen molar-refractivity contribution in [3.05, 3.63) is 65.7 Å². The van der Waals surface area contributed by atoms with Crippen LogP contribution in [0.1, 0.15) is 36.8 Å². The average Bonchev–Trinajstić information content (AvgIpc) is 3.51. The van der Waals surface area contributed by atoms with Crippen molar-refractivity contribution in [3.8, 4) is 0 Å². The third-order valence-electron chi connectivity index (χ3n) is 6.01. The van der Waals surface area contributed by atoms with Gasteiger partial charge in [0, 0.05) is 18.7 Å². The Kier molecular flexibility index (Phi) is 7.50. The Morgan fingerprint density at radius 3 is 2.49 bits per heavy atom. The van der Waals surface area contributed by atoms with E-state index in [1.54, 1.807) is 18.2 Å². The van der Waals surface area contributed by atoms with Gasteiger partial charge in [-0.1, -0.05) is 43.2 Å². The van der Waals surface area contributed by atoms with Gasteiger partial charge in [0.15, 0.2) is 6.61 Å². The molecule has 0 atom stereocenters. The number of nitrogens with zero attached hydrogens (tertiary/aromatic N) is 1. The molecular weight excluding hydrogens is 470 g/mol. The van der Waals surface area contributed by atoms with E-state index >= 15 is 0 Å². The summed E-state index contributed by atoms with van der Waals surface area (Å²) in [5.74, 6) is -1.48. The molecule has 0 bridgehead atoms. The van der Waals surface area contributed by atoms with Gasteiger partial charge >= 0.3 is 12.0 Å². The Labute approximate surface area is 204 Å². The summed E-state index contributed by atoms with van der Waals surface area (Å²) < 4.78 is 32.4. The molecule has 4 rings (SSSR count). The van der Waals surface area contributed by atoms with Crippen molar-refractivity contribution in [2.75, 3.05) is 17.5 Å². The molecule has 2 N–H and O–H groups in total. The number of amides is 3. The smallest absolute Gasteiger partial charge is 0.331 e. The number of anilines is 1. The molecule has 9 nitrogen and oxygen atoms in total. The van der Waals surface area contributed by atoms with E-state index in [2.05, 4.69) is 10.6 Å². The van der Waals surface area contributed by atoms with Gasteiger partial charge in [0.05, 0.1) is 10.6 Å². The predicted molar refractivity (Wildman–Crippen MR) is 130 cm³/mol. The number of hydrogen-bond donors (Lipinski definition) is 2. The zero-order valence-electron chi connectivity index (χ0n) is 19.1. The summed E-state index contributed by atoms with van der Waals surface area (Å²) in [6.45, 7) is -0.194. The van der Waals surface area contributed by atoms with Gasteiger partial charge in [-0.3, -0.25) is 14.4 Å². The summed E-state index contributed by atoms with van der Waals surface area (Å²) >= 11 is 0. The van der Waals surface area contributed by atoms with E-state index in [0.29, 0.717) is 24.2 Å². The largest absolute Gasteiger partial charge is 0.452 e. The molecule has 0 aromatic heterocycles. The van der Waals surface area contributed by atoms with E-state index in [1.165, 1.54) is 22.5 Å². The normalized spacial score (nSPS) is 15.7. The minimum absolute atomic E-state index is 0.0702. The predicted octanol–water partition coefficient (Wildman–Crippen LogP) is 2.76. The summed E-state index contributed by atoms with van der Waals surface area (Å²) in [4.78, 5) is 35.6. The third-order valence-corrected chi connectivity index (χ3v) is 7.84. The van der Waals surface area contributed by atoms with Crippen LogP contribution in [0.4, 0.5) is 10.5 Å². The fraction of sp³-hybridized carbons (Fsp3) is 0.320. The van der Waals surface area contributed by atoms with Crippen molar-refractivity contribution in [1.29, 1.82) is 0 Å². The van der Waals surface area contributed by atoms with Crippen molar-refractivity contribution in [1.82, 2.24) is 10.6 Å². The molecule has 0 spiro atoms. The molecule has 184 valence electrons. The average molecular weight is 498 g/mol. The van der Waals surface area contributed by atoms with E-state index < -0.39 is 34.5 Å². The molecular formula is C25H27N3O6S. The Balaban J connectivity index is 1.27. The first kappa shape index (κ1) is 24.5. The maximum Gasteiger partial charge on any atom is 0.331 e. The number of carbonyl (C=O) groups is 3. The number of sulfonamides is 1. The van der Waals surface area contributed by atoms with Gasteiger partial charge < -0.3 is 10.1 Å². The fourth-order valence-electron chi connectivity index (χ4n) is 4.24.